The summed E-state index contributed by atoms with van der Waals surface area (Å²) in [6.45, 7) is 0. The maximum Gasteiger partial charge on any atom is 0.146 e. The Bertz CT molecular complexity index is 2780. The Balaban J connectivity index is 1.14. The lowest BCUT2D eigenvalue weighted by Crippen LogP contribution is -2.00. The summed E-state index contributed by atoms with van der Waals surface area (Å²) in [7, 11) is 0. The Morgan fingerprint density at radius 3 is 2.13 bits per heavy atom. The average Bonchev–Trinajstić information content (AvgIpc) is 3.77. The van der Waals surface area contributed by atoms with Gasteiger partial charge >= 0.3 is 0 Å². The number of pyridine rings is 1. The first-order valence-corrected chi connectivity index (χ1v) is 16.0. The monoisotopic (exact) mass is 582 g/mol. The first-order chi connectivity index (χ1) is 22.8. The number of hydrogen-bond donors (Lipinski definition) is 0. The van der Waals surface area contributed by atoms with Crippen LogP contribution in [-0.2, 0) is 6.42 Å². The Kier molecular flexibility index (Phi) is 4.66. The van der Waals surface area contributed by atoms with Crippen molar-refractivity contribution in [3.05, 3.63) is 157 Å². The molecular formula is C44H26N2. The molecular weight excluding hydrogens is 556 g/mol. The lowest BCUT2D eigenvalue weighted by Gasteiger charge is -2.13. The third-order valence-corrected chi connectivity index (χ3v) is 10.4. The maximum absolute atomic E-state index is 5.18. The molecule has 9 aromatic rings. The van der Waals surface area contributed by atoms with Crippen molar-refractivity contribution >= 4 is 43.4 Å². The molecule has 2 heteroatoms. The van der Waals surface area contributed by atoms with E-state index in [0.717, 1.165) is 12.2 Å². The third kappa shape index (κ3) is 3.13. The highest BCUT2D eigenvalue weighted by Crippen LogP contribution is 2.50. The number of fused-ring (bicyclic) bond motifs is 11. The second-order valence-corrected chi connectivity index (χ2v) is 12.7. The van der Waals surface area contributed by atoms with Gasteiger partial charge in [0.25, 0.3) is 0 Å². The molecule has 0 aliphatic heterocycles. The predicted octanol–water partition coefficient (Wildman–Crippen LogP) is 11.4. The summed E-state index contributed by atoms with van der Waals surface area (Å²) in [4.78, 5) is 5.18. The van der Waals surface area contributed by atoms with Crippen molar-refractivity contribution in [1.82, 2.24) is 9.55 Å². The first-order valence-electron chi connectivity index (χ1n) is 16.0. The molecule has 0 saturated heterocycles. The fraction of sp³-hybridized carbons (Fsp3) is 0.0227. The zero-order valence-corrected chi connectivity index (χ0v) is 25.0. The van der Waals surface area contributed by atoms with Gasteiger partial charge in [0, 0.05) is 33.3 Å². The Morgan fingerprint density at radius 1 is 0.457 bits per heavy atom. The van der Waals surface area contributed by atoms with Crippen molar-refractivity contribution in [2.24, 2.45) is 0 Å². The minimum Gasteiger partial charge on any atom is -0.293 e. The minimum atomic E-state index is 0.991. The molecule has 7 aromatic carbocycles. The van der Waals surface area contributed by atoms with Gasteiger partial charge in [0.15, 0.2) is 0 Å². The topological polar surface area (TPSA) is 17.8 Å². The second kappa shape index (κ2) is 8.80. The molecule has 2 aliphatic carbocycles. The van der Waals surface area contributed by atoms with Crippen LogP contribution in [0.2, 0.25) is 0 Å². The molecule has 0 N–H and O–H groups in total. The molecule has 2 nitrogen and oxygen atoms in total. The van der Waals surface area contributed by atoms with Crippen LogP contribution in [0.15, 0.2) is 146 Å². The van der Waals surface area contributed by atoms with E-state index in [1.54, 1.807) is 0 Å². The van der Waals surface area contributed by atoms with Crippen molar-refractivity contribution < 1.29 is 0 Å². The van der Waals surface area contributed by atoms with E-state index in [0.29, 0.717) is 0 Å². The van der Waals surface area contributed by atoms with Crippen LogP contribution in [0.4, 0.5) is 0 Å². The fourth-order valence-corrected chi connectivity index (χ4v) is 8.36. The molecule has 0 spiro atoms. The van der Waals surface area contributed by atoms with Crippen LogP contribution < -0.4 is 0 Å². The molecule has 0 radical (unpaired) electrons. The molecule has 0 amide bonds. The Hall–Kier alpha value is -5.99. The van der Waals surface area contributed by atoms with E-state index < -0.39 is 0 Å². The SMILES string of the molecule is c1ccc2c(c1)-c1cccc3cnc(-n4c5ccccc5c5cc(-c6ccc7c(c6)-c6c(ccc8ccccc68)C7)ccc54)c-2c13. The fourth-order valence-electron chi connectivity index (χ4n) is 8.36. The molecule has 0 bridgehead atoms. The molecule has 11 rings (SSSR count). The molecule has 0 fully saturated rings. The second-order valence-electron chi connectivity index (χ2n) is 12.7. The van der Waals surface area contributed by atoms with Gasteiger partial charge in [-0.15, -0.1) is 0 Å². The lowest BCUT2D eigenvalue weighted by atomic mass is 9.95. The first kappa shape index (κ1) is 24.3. The van der Waals surface area contributed by atoms with E-state index in [-0.39, 0.29) is 0 Å². The van der Waals surface area contributed by atoms with Gasteiger partial charge in [0.2, 0.25) is 0 Å². The van der Waals surface area contributed by atoms with Crippen LogP contribution in [0.3, 0.4) is 0 Å². The van der Waals surface area contributed by atoms with E-state index in [9.17, 15) is 0 Å². The van der Waals surface area contributed by atoms with Crippen LogP contribution in [0.5, 0.6) is 0 Å². The minimum absolute atomic E-state index is 0.991. The molecule has 46 heavy (non-hydrogen) atoms. The summed E-state index contributed by atoms with van der Waals surface area (Å²) in [6, 6.07) is 51.5. The van der Waals surface area contributed by atoms with Crippen LogP contribution in [0.1, 0.15) is 11.1 Å². The zero-order valence-electron chi connectivity index (χ0n) is 25.0. The molecule has 2 aromatic heterocycles. The van der Waals surface area contributed by atoms with Gasteiger partial charge in [0.1, 0.15) is 5.82 Å². The molecule has 2 heterocycles. The van der Waals surface area contributed by atoms with E-state index in [4.69, 9.17) is 4.98 Å². The number of nitrogens with zero attached hydrogens (tertiary/aromatic N) is 2. The van der Waals surface area contributed by atoms with E-state index in [2.05, 4.69) is 144 Å². The molecule has 0 saturated carbocycles. The van der Waals surface area contributed by atoms with Crippen LogP contribution in [0, 0.1) is 0 Å². The maximum atomic E-state index is 5.18. The highest BCUT2D eigenvalue weighted by Gasteiger charge is 2.27. The molecule has 0 atom stereocenters. The van der Waals surface area contributed by atoms with Crippen molar-refractivity contribution in [3.8, 4) is 50.3 Å². The van der Waals surface area contributed by atoms with Crippen LogP contribution in [0.25, 0.3) is 93.7 Å². The molecule has 2 aliphatic rings. The normalized spacial score (nSPS) is 12.7. The van der Waals surface area contributed by atoms with Crippen LogP contribution >= 0.6 is 0 Å². The summed E-state index contributed by atoms with van der Waals surface area (Å²) in [5.74, 6) is 0.991. The van der Waals surface area contributed by atoms with E-state index in [1.165, 1.54) is 99.0 Å². The van der Waals surface area contributed by atoms with Crippen molar-refractivity contribution in [1.29, 1.82) is 0 Å². The average molecular weight is 583 g/mol. The Morgan fingerprint density at radius 2 is 1.17 bits per heavy atom. The van der Waals surface area contributed by atoms with Gasteiger partial charge in [-0.3, -0.25) is 4.57 Å². The number of para-hydroxylation sites is 1. The smallest absolute Gasteiger partial charge is 0.146 e. The van der Waals surface area contributed by atoms with E-state index >= 15 is 0 Å². The number of benzene rings is 7. The van der Waals surface area contributed by atoms with Gasteiger partial charge < -0.3 is 0 Å². The summed E-state index contributed by atoms with van der Waals surface area (Å²) in [5, 5.41) is 7.60. The zero-order chi connectivity index (χ0) is 29.9. The van der Waals surface area contributed by atoms with Gasteiger partial charge in [-0.1, -0.05) is 115 Å². The largest absolute Gasteiger partial charge is 0.293 e. The van der Waals surface area contributed by atoms with Crippen molar-refractivity contribution in [2.75, 3.05) is 0 Å². The summed E-state index contributed by atoms with van der Waals surface area (Å²) in [5.41, 5.74) is 15.5. The summed E-state index contributed by atoms with van der Waals surface area (Å²) >= 11 is 0. The summed E-state index contributed by atoms with van der Waals surface area (Å²) in [6.07, 6.45) is 3.04. The quantitative estimate of drug-likeness (QED) is 0.198. The number of hydrogen-bond acceptors (Lipinski definition) is 1. The van der Waals surface area contributed by atoms with Gasteiger partial charge in [-0.25, -0.2) is 4.98 Å². The standard InChI is InChI=1S/C44H26N2/c1-2-10-32-26(8-1)16-19-30-22-29-18-17-27(23-37(29)41(30)32)28-20-21-40-38(24-28)34-12-5-6-15-39(34)46(40)44-43-36-13-4-3-11-33(36)35-14-7-9-31(25-45-44)42(35)43/h1-21,23-25H,22H2. The Labute approximate surface area is 265 Å². The predicted molar refractivity (Wildman–Crippen MR) is 192 cm³/mol. The van der Waals surface area contributed by atoms with Gasteiger partial charge in [0.05, 0.1) is 11.0 Å². The highest BCUT2D eigenvalue weighted by atomic mass is 15.1. The highest BCUT2D eigenvalue weighted by molar-refractivity contribution is 6.18. The summed E-state index contributed by atoms with van der Waals surface area (Å²) < 4.78 is 2.38. The number of rotatable bonds is 2. The van der Waals surface area contributed by atoms with E-state index in [1.807, 2.05) is 6.20 Å². The molecule has 212 valence electrons. The van der Waals surface area contributed by atoms with Crippen molar-refractivity contribution in [3.63, 3.8) is 0 Å². The number of aromatic nitrogens is 2. The third-order valence-electron chi connectivity index (χ3n) is 10.4. The van der Waals surface area contributed by atoms with Crippen molar-refractivity contribution in [2.45, 2.75) is 6.42 Å². The van der Waals surface area contributed by atoms with Crippen LogP contribution in [-0.4, -0.2) is 9.55 Å². The lowest BCUT2D eigenvalue weighted by molar-refractivity contribution is 1.09. The van der Waals surface area contributed by atoms with Gasteiger partial charge in [-0.05, 0) is 91.5 Å². The molecule has 0 unspecified atom stereocenters. The van der Waals surface area contributed by atoms with Gasteiger partial charge in [-0.2, -0.15) is 0 Å².